The van der Waals surface area contributed by atoms with Crippen molar-refractivity contribution in [3.63, 3.8) is 0 Å². The van der Waals surface area contributed by atoms with Crippen LogP contribution in [-0.4, -0.2) is 33.2 Å². The van der Waals surface area contributed by atoms with Crippen molar-refractivity contribution in [1.29, 1.82) is 0 Å². The number of thiophene rings is 1. The number of hydrogen-bond donors (Lipinski definition) is 2. The highest BCUT2D eigenvalue weighted by molar-refractivity contribution is 7.89. The van der Waals surface area contributed by atoms with Gasteiger partial charge in [0.1, 0.15) is 0 Å². The molecule has 3 unspecified atom stereocenters. The Bertz CT molecular complexity index is 551. The van der Waals surface area contributed by atoms with Gasteiger partial charge >= 0.3 is 0 Å². The predicted molar refractivity (Wildman–Crippen MR) is 75.9 cm³/mol. The first-order chi connectivity index (χ1) is 8.85. The average Bonchev–Trinajstić information content (AvgIpc) is 2.66. The maximum Gasteiger partial charge on any atom is 0.242 e. The van der Waals surface area contributed by atoms with E-state index in [1.54, 1.807) is 6.07 Å². The highest BCUT2D eigenvalue weighted by Crippen LogP contribution is 2.28. The van der Waals surface area contributed by atoms with Crippen LogP contribution in [0.3, 0.4) is 0 Å². The van der Waals surface area contributed by atoms with Gasteiger partial charge in [-0.15, -0.1) is 11.3 Å². The Morgan fingerprint density at radius 3 is 2.68 bits per heavy atom. The quantitative estimate of drug-likeness (QED) is 0.855. The summed E-state index contributed by atoms with van der Waals surface area (Å²) in [5.41, 5.74) is 5.87. The number of aryl methyl sites for hydroxylation is 2. The van der Waals surface area contributed by atoms with Crippen molar-refractivity contribution in [3.8, 4) is 0 Å². The normalized spacial score (nSPS) is 27.3. The largest absolute Gasteiger partial charge is 0.377 e. The molecule has 0 aromatic carbocycles. The Hall–Kier alpha value is -0.470. The molecule has 19 heavy (non-hydrogen) atoms. The summed E-state index contributed by atoms with van der Waals surface area (Å²) in [6.45, 7) is 6.16. The Balaban J connectivity index is 2.15. The van der Waals surface area contributed by atoms with Gasteiger partial charge in [0.15, 0.2) is 0 Å². The van der Waals surface area contributed by atoms with Crippen LogP contribution in [0.2, 0.25) is 0 Å². The monoisotopic (exact) mass is 304 g/mol. The second kappa shape index (κ2) is 5.49. The van der Waals surface area contributed by atoms with Gasteiger partial charge in [0.05, 0.1) is 17.0 Å². The van der Waals surface area contributed by atoms with Crippen LogP contribution >= 0.6 is 11.3 Å². The van der Waals surface area contributed by atoms with Gasteiger partial charge in [-0.2, -0.15) is 0 Å². The SMILES string of the molecule is CCOC1CC(N)C1NS(=O)(=O)c1cc(C)sc1C. The number of nitrogens with two attached hydrogens (primary N) is 1. The molecular weight excluding hydrogens is 284 g/mol. The van der Waals surface area contributed by atoms with Gasteiger partial charge < -0.3 is 10.5 Å². The van der Waals surface area contributed by atoms with E-state index < -0.39 is 10.0 Å². The molecule has 108 valence electrons. The van der Waals surface area contributed by atoms with E-state index in [0.717, 1.165) is 9.75 Å². The fourth-order valence-corrected chi connectivity index (χ4v) is 5.18. The number of nitrogens with one attached hydrogen (secondary N) is 1. The lowest BCUT2D eigenvalue weighted by Gasteiger charge is -2.42. The number of hydrogen-bond acceptors (Lipinski definition) is 5. The summed E-state index contributed by atoms with van der Waals surface area (Å²) >= 11 is 1.48. The molecule has 1 fully saturated rings. The lowest BCUT2D eigenvalue weighted by atomic mass is 9.84. The molecule has 0 amide bonds. The van der Waals surface area contributed by atoms with Crippen molar-refractivity contribution in [3.05, 3.63) is 15.8 Å². The molecule has 0 bridgehead atoms. The average molecular weight is 304 g/mol. The van der Waals surface area contributed by atoms with E-state index in [0.29, 0.717) is 17.9 Å². The third kappa shape index (κ3) is 3.00. The Morgan fingerprint density at radius 2 is 2.21 bits per heavy atom. The van der Waals surface area contributed by atoms with Gasteiger partial charge in [-0.25, -0.2) is 13.1 Å². The highest BCUT2D eigenvalue weighted by atomic mass is 32.2. The fraction of sp³-hybridized carbons (Fsp3) is 0.667. The van der Waals surface area contributed by atoms with Crippen molar-refractivity contribution in [1.82, 2.24) is 4.72 Å². The van der Waals surface area contributed by atoms with Gasteiger partial charge in [0, 0.05) is 22.4 Å². The summed E-state index contributed by atoms with van der Waals surface area (Å²) in [7, 11) is -3.51. The van der Waals surface area contributed by atoms with E-state index in [1.807, 2.05) is 20.8 Å². The van der Waals surface area contributed by atoms with Crippen LogP contribution in [0, 0.1) is 13.8 Å². The molecule has 3 N–H and O–H groups in total. The van der Waals surface area contributed by atoms with Crippen LogP contribution in [0.4, 0.5) is 0 Å². The molecule has 1 aromatic rings. The van der Waals surface area contributed by atoms with E-state index in [1.165, 1.54) is 11.3 Å². The third-order valence-corrected chi connectivity index (χ3v) is 6.00. The molecule has 1 aliphatic rings. The third-order valence-electron chi connectivity index (χ3n) is 3.32. The molecule has 1 aromatic heterocycles. The standard InChI is InChI=1S/C12H20N2O3S2/c1-4-17-10-6-9(13)12(10)14-19(15,16)11-5-7(2)18-8(11)3/h5,9-10,12,14H,4,6,13H2,1-3H3. The maximum absolute atomic E-state index is 12.3. The van der Waals surface area contributed by atoms with E-state index in [9.17, 15) is 8.42 Å². The molecule has 2 rings (SSSR count). The first-order valence-electron chi connectivity index (χ1n) is 6.31. The van der Waals surface area contributed by atoms with Gasteiger partial charge in [-0.05, 0) is 33.3 Å². The van der Waals surface area contributed by atoms with Crippen LogP contribution in [0.15, 0.2) is 11.0 Å². The summed E-state index contributed by atoms with van der Waals surface area (Å²) in [6.07, 6.45) is 0.581. The van der Waals surface area contributed by atoms with Crippen LogP contribution in [0.1, 0.15) is 23.1 Å². The molecular formula is C12H20N2O3S2. The van der Waals surface area contributed by atoms with Crippen molar-refractivity contribution in [2.24, 2.45) is 5.73 Å². The summed E-state index contributed by atoms with van der Waals surface area (Å²) < 4.78 is 32.8. The van der Waals surface area contributed by atoms with Gasteiger partial charge in [0.2, 0.25) is 10.0 Å². The summed E-state index contributed by atoms with van der Waals surface area (Å²) in [6, 6.07) is 1.19. The van der Waals surface area contributed by atoms with Crippen molar-refractivity contribution in [2.45, 2.75) is 50.3 Å². The first kappa shape index (κ1) is 14.9. The van der Waals surface area contributed by atoms with E-state index in [2.05, 4.69) is 4.72 Å². The van der Waals surface area contributed by atoms with Crippen molar-refractivity contribution >= 4 is 21.4 Å². The molecule has 0 aliphatic heterocycles. The fourth-order valence-electron chi connectivity index (χ4n) is 2.31. The van der Waals surface area contributed by atoms with Crippen molar-refractivity contribution < 1.29 is 13.2 Å². The molecule has 5 nitrogen and oxygen atoms in total. The zero-order chi connectivity index (χ0) is 14.2. The zero-order valence-corrected chi connectivity index (χ0v) is 13.0. The molecule has 7 heteroatoms. The summed E-state index contributed by atoms with van der Waals surface area (Å²) in [5.74, 6) is 0. The van der Waals surface area contributed by atoms with E-state index in [4.69, 9.17) is 10.5 Å². The number of rotatable bonds is 5. The summed E-state index contributed by atoms with van der Waals surface area (Å²) in [5, 5.41) is 0. The minimum Gasteiger partial charge on any atom is -0.377 e. The first-order valence-corrected chi connectivity index (χ1v) is 8.61. The lowest BCUT2D eigenvalue weighted by Crippen LogP contribution is -2.64. The second-order valence-corrected chi connectivity index (χ2v) is 7.96. The Morgan fingerprint density at radius 1 is 1.53 bits per heavy atom. The van der Waals surface area contributed by atoms with E-state index in [-0.39, 0.29) is 18.2 Å². The van der Waals surface area contributed by atoms with Gasteiger partial charge in [-0.1, -0.05) is 0 Å². The zero-order valence-electron chi connectivity index (χ0n) is 11.3. The Kier molecular flexibility index (Phi) is 4.32. The molecule has 0 saturated heterocycles. The van der Waals surface area contributed by atoms with Crippen molar-refractivity contribution in [2.75, 3.05) is 6.61 Å². The van der Waals surface area contributed by atoms with E-state index >= 15 is 0 Å². The molecule has 3 atom stereocenters. The molecule has 0 spiro atoms. The van der Waals surface area contributed by atoms with Crippen LogP contribution in [0.5, 0.6) is 0 Å². The van der Waals surface area contributed by atoms with Crippen LogP contribution < -0.4 is 10.5 Å². The molecule has 0 radical (unpaired) electrons. The van der Waals surface area contributed by atoms with Gasteiger partial charge in [0.25, 0.3) is 0 Å². The minimum atomic E-state index is -3.51. The predicted octanol–water partition coefficient (Wildman–Crippen LogP) is 1.15. The smallest absolute Gasteiger partial charge is 0.242 e. The number of sulfonamides is 1. The topological polar surface area (TPSA) is 81.4 Å². The lowest BCUT2D eigenvalue weighted by molar-refractivity contribution is -0.0248. The number of ether oxygens (including phenoxy) is 1. The highest BCUT2D eigenvalue weighted by Gasteiger charge is 2.42. The molecule has 1 heterocycles. The van der Waals surface area contributed by atoms with Gasteiger partial charge in [-0.3, -0.25) is 0 Å². The second-order valence-electron chi connectivity index (χ2n) is 4.82. The van der Waals surface area contributed by atoms with Crippen LogP contribution in [-0.2, 0) is 14.8 Å². The maximum atomic E-state index is 12.3. The minimum absolute atomic E-state index is 0.116. The summed E-state index contributed by atoms with van der Waals surface area (Å²) in [4.78, 5) is 2.13. The van der Waals surface area contributed by atoms with Crippen LogP contribution in [0.25, 0.3) is 0 Å². The Labute approximate surface area is 118 Å². The molecule has 1 aliphatic carbocycles. The molecule has 1 saturated carbocycles.